The molecule has 3 rings (SSSR count). The lowest BCUT2D eigenvalue weighted by Gasteiger charge is -2.32. The van der Waals surface area contributed by atoms with Crippen LogP contribution in [0.3, 0.4) is 0 Å². The second kappa shape index (κ2) is 8.22. The number of amides is 2. The number of hydrogen-bond acceptors (Lipinski definition) is 5. The summed E-state index contributed by atoms with van der Waals surface area (Å²) in [5, 5.41) is 14.3. The van der Waals surface area contributed by atoms with Crippen molar-refractivity contribution in [2.24, 2.45) is 0 Å². The molecule has 0 bridgehead atoms. The highest BCUT2D eigenvalue weighted by atomic mass is 35.5. The molecule has 1 saturated heterocycles. The molecule has 26 heavy (non-hydrogen) atoms. The fourth-order valence-corrected chi connectivity index (χ4v) is 3.94. The second-order valence-corrected chi connectivity index (χ2v) is 7.29. The average molecular weight is 416 g/mol. The molecule has 2 aromatic rings. The minimum atomic E-state index is -1.12. The number of hydrogen-bond donors (Lipinski definition) is 2. The van der Waals surface area contributed by atoms with Crippen LogP contribution >= 0.6 is 34.5 Å². The molecule has 10 heteroatoms. The quantitative estimate of drug-likeness (QED) is 0.799. The van der Waals surface area contributed by atoms with Gasteiger partial charge < -0.3 is 20.1 Å². The van der Waals surface area contributed by atoms with Gasteiger partial charge in [-0.05, 0) is 18.2 Å². The molecule has 7 nitrogen and oxygen atoms in total. The minimum Gasteiger partial charge on any atom is -0.465 e. The first-order valence-electron chi connectivity index (χ1n) is 7.72. The van der Waals surface area contributed by atoms with E-state index in [4.69, 9.17) is 33.0 Å². The predicted molar refractivity (Wildman–Crippen MR) is 99.2 cm³/mol. The van der Waals surface area contributed by atoms with Gasteiger partial charge in [-0.25, -0.2) is 9.78 Å². The number of aromatic nitrogens is 1. The Kier molecular flexibility index (Phi) is 5.98. The van der Waals surface area contributed by atoms with E-state index in [-0.39, 0.29) is 18.6 Å². The number of halogens is 2. The first-order chi connectivity index (χ1) is 12.4. The van der Waals surface area contributed by atoms with E-state index in [9.17, 15) is 9.59 Å². The van der Waals surface area contributed by atoms with E-state index in [0.29, 0.717) is 46.0 Å². The third kappa shape index (κ3) is 4.45. The van der Waals surface area contributed by atoms with Crippen LogP contribution in [0.1, 0.15) is 10.5 Å². The predicted octanol–water partition coefficient (Wildman–Crippen LogP) is 3.23. The Balaban J connectivity index is 1.70. The zero-order chi connectivity index (χ0) is 18.7. The number of nitrogens with one attached hydrogen (secondary N) is 1. The molecule has 2 N–H and O–H groups in total. The summed E-state index contributed by atoms with van der Waals surface area (Å²) in [6, 6.07) is 5.11. The number of benzene rings is 1. The average Bonchev–Trinajstić information content (AvgIpc) is 3.09. The van der Waals surface area contributed by atoms with Crippen molar-refractivity contribution in [1.82, 2.24) is 15.2 Å². The van der Waals surface area contributed by atoms with Crippen molar-refractivity contribution in [3.8, 4) is 10.6 Å². The summed E-state index contributed by atoms with van der Waals surface area (Å²) in [5.41, 5.74) is 1.04. The van der Waals surface area contributed by atoms with Crippen LogP contribution in [-0.4, -0.2) is 59.3 Å². The summed E-state index contributed by atoms with van der Waals surface area (Å²) in [6.45, 7) is 1.20. The van der Waals surface area contributed by atoms with E-state index < -0.39 is 6.09 Å². The molecular weight excluding hydrogens is 401 g/mol. The number of carbonyl (C=O) groups is 2. The second-order valence-electron chi connectivity index (χ2n) is 5.59. The number of thiazole rings is 1. The fraction of sp³-hybridized carbons (Fsp3) is 0.312. The number of rotatable bonds is 4. The van der Waals surface area contributed by atoms with Gasteiger partial charge in [-0.1, -0.05) is 23.2 Å². The lowest BCUT2D eigenvalue weighted by Crippen LogP contribution is -2.49. The van der Waals surface area contributed by atoms with E-state index >= 15 is 0 Å². The molecule has 2 heterocycles. The zero-order valence-corrected chi connectivity index (χ0v) is 15.8. The Hall–Kier alpha value is -1.87. The van der Waals surface area contributed by atoms with Crippen LogP contribution in [0, 0.1) is 0 Å². The van der Waals surface area contributed by atoms with Gasteiger partial charge in [0.1, 0.15) is 10.7 Å². The standard InChI is InChI=1S/C16H15Cl2N3O4S/c17-9-1-2-11(12(18)5-9)14-20-13(8-26-14)15(22)21-3-4-25-10(7-21)6-19-16(23)24/h1-2,5,8,10,19H,3-4,6-7H2,(H,23,24)/t10-/m0/s1. The summed E-state index contributed by atoms with van der Waals surface area (Å²) in [7, 11) is 0. The van der Waals surface area contributed by atoms with Crippen molar-refractivity contribution in [3.63, 3.8) is 0 Å². The molecule has 1 aliphatic heterocycles. The molecule has 1 aromatic carbocycles. The highest BCUT2D eigenvalue weighted by Crippen LogP contribution is 2.32. The van der Waals surface area contributed by atoms with Gasteiger partial charge in [0.25, 0.3) is 5.91 Å². The number of carboxylic acid groups (broad SMARTS) is 1. The van der Waals surface area contributed by atoms with E-state index in [0.717, 1.165) is 0 Å². The molecule has 0 saturated carbocycles. The van der Waals surface area contributed by atoms with Crippen molar-refractivity contribution < 1.29 is 19.4 Å². The number of nitrogens with zero attached hydrogens (tertiary/aromatic N) is 2. The number of ether oxygens (including phenoxy) is 1. The monoisotopic (exact) mass is 415 g/mol. The highest BCUT2D eigenvalue weighted by Gasteiger charge is 2.27. The number of morpholine rings is 1. The largest absolute Gasteiger partial charge is 0.465 e. The SMILES string of the molecule is O=C(O)NC[C@H]1CN(C(=O)c2csc(-c3ccc(Cl)cc3Cl)n2)CCO1. The van der Waals surface area contributed by atoms with Gasteiger partial charge in [0.15, 0.2) is 0 Å². The summed E-state index contributed by atoms with van der Waals surface area (Å²) >= 11 is 13.4. The Labute approximate surface area is 163 Å². The molecule has 1 aliphatic rings. The molecule has 1 atom stereocenters. The van der Waals surface area contributed by atoms with E-state index in [1.165, 1.54) is 11.3 Å². The van der Waals surface area contributed by atoms with Gasteiger partial charge in [-0.15, -0.1) is 11.3 Å². The summed E-state index contributed by atoms with van der Waals surface area (Å²) < 4.78 is 5.48. The third-order valence-corrected chi connectivity index (χ3v) is 5.22. The van der Waals surface area contributed by atoms with E-state index in [1.807, 2.05) is 0 Å². The Morgan fingerprint density at radius 2 is 2.23 bits per heavy atom. The lowest BCUT2D eigenvalue weighted by molar-refractivity contribution is -0.0199. The van der Waals surface area contributed by atoms with Crippen LogP contribution < -0.4 is 5.32 Å². The maximum absolute atomic E-state index is 12.7. The van der Waals surface area contributed by atoms with Gasteiger partial charge in [0, 0.05) is 35.6 Å². The topological polar surface area (TPSA) is 91.8 Å². The van der Waals surface area contributed by atoms with Gasteiger partial charge >= 0.3 is 6.09 Å². The first kappa shape index (κ1) is 18.9. The normalized spacial score (nSPS) is 17.2. The number of carbonyl (C=O) groups excluding carboxylic acids is 1. The Morgan fingerprint density at radius 1 is 1.42 bits per heavy atom. The Bertz CT molecular complexity index is 830. The molecule has 0 unspecified atom stereocenters. The molecule has 0 spiro atoms. The maximum atomic E-state index is 12.7. The van der Waals surface area contributed by atoms with Crippen LogP contribution in [0.25, 0.3) is 10.6 Å². The van der Waals surface area contributed by atoms with Crippen molar-refractivity contribution >= 4 is 46.5 Å². The van der Waals surface area contributed by atoms with Crippen molar-refractivity contribution in [2.45, 2.75) is 6.10 Å². The molecule has 1 aromatic heterocycles. The maximum Gasteiger partial charge on any atom is 0.404 e. The Morgan fingerprint density at radius 3 is 2.96 bits per heavy atom. The third-order valence-electron chi connectivity index (χ3n) is 3.79. The van der Waals surface area contributed by atoms with Crippen molar-refractivity contribution in [2.75, 3.05) is 26.2 Å². The molecule has 0 radical (unpaired) electrons. The molecule has 0 aliphatic carbocycles. The molecule has 1 fully saturated rings. The summed E-state index contributed by atoms with van der Waals surface area (Å²) in [5.74, 6) is -0.221. The van der Waals surface area contributed by atoms with Crippen molar-refractivity contribution in [1.29, 1.82) is 0 Å². The van der Waals surface area contributed by atoms with Crippen LogP contribution in [0.4, 0.5) is 4.79 Å². The van der Waals surface area contributed by atoms with Gasteiger partial charge in [0.2, 0.25) is 0 Å². The smallest absolute Gasteiger partial charge is 0.404 e. The van der Waals surface area contributed by atoms with Crippen LogP contribution in [0.15, 0.2) is 23.6 Å². The summed E-state index contributed by atoms with van der Waals surface area (Å²) in [6.07, 6.45) is -1.51. The zero-order valence-electron chi connectivity index (χ0n) is 13.4. The molecular formula is C16H15Cl2N3O4S. The van der Waals surface area contributed by atoms with E-state index in [1.54, 1.807) is 28.5 Å². The highest BCUT2D eigenvalue weighted by molar-refractivity contribution is 7.13. The van der Waals surface area contributed by atoms with Crippen LogP contribution in [-0.2, 0) is 4.74 Å². The molecule has 138 valence electrons. The summed E-state index contributed by atoms with van der Waals surface area (Å²) in [4.78, 5) is 29.3. The first-order valence-corrected chi connectivity index (χ1v) is 9.36. The van der Waals surface area contributed by atoms with Gasteiger partial charge in [0.05, 0.1) is 17.7 Å². The van der Waals surface area contributed by atoms with Gasteiger partial charge in [-0.3, -0.25) is 4.79 Å². The van der Waals surface area contributed by atoms with E-state index in [2.05, 4.69) is 10.3 Å². The lowest BCUT2D eigenvalue weighted by atomic mass is 10.2. The minimum absolute atomic E-state index is 0.127. The van der Waals surface area contributed by atoms with Gasteiger partial charge in [-0.2, -0.15) is 0 Å². The fourth-order valence-electron chi connectivity index (χ4n) is 2.55. The van der Waals surface area contributed by atoms with Crippen molar-refractivity contribution in [3.05, 3.63) is 39.3 Å². The van der Waals surface area contributed by atoms with Crippen LogP contribution in [0.2, 0.25) is 10.0 Å². The van der Waals surface area contributed by atoms with Crippen LogP contribution in [0.5, 0.6) is 0 Å². The molecule has 2 amide bonds.